The number of Topliss-reactive ketones (excluding diaryl/α,β-unsaturated/α-hetero) is 2. The first-order valence-corrected chi connectivity index (χ1v) is 15.0. The van der Waals surface area contributed by atoms with Crippen LogP contribution in [0.15, 0.2) is 108 Å². The summed E-state index contributed by atoms with van der Waals surface area (Å²) in [6.07, 6.45) is 0.481. The van der Waals surface area contributed by atoms with Crippen LogP contribution >= 0.6 is 15.9 Å². The third kappa shape index (κ3) is 3.41. The average Bonchev–Trinajstić information content (AvgIpc) is 3.45. The van der Waals surface area contributed by atoms with Gasteiger partial charge in [-0.05, 0) is 86.8 Å². The summed E-state index contributed by atoms with van der Waals surface area (Å²) in [7, 11) is 0. The molecule has 8 rings (SSSR count). The first-order valence-electron chi connectivity index (χ1n) is 14.2. The number of ketones is 2. The Bertz CT molecular complexity index is 1910. The Morgan fingerprint density at radius 2 is 1.39 bits per heavy atom. The highest BCUT2D eigenvalue weighted by Crippen LogP contribution is 2.62. The second kappa shape index (κ2) is 9.07. The van der Waals surface area contributed by atoms with E-state index in [0.29, 0.717) is 24.8 Å². The van der Waals surface area contributed by atoms with Crippen LogP contribution in [0.4, 0.5) is 0 Å². The molecule has 1 spiro atoms. The monoisotopic (exact) mass is 598 g/mol. The van der Waals surface area contributed by atoms with Crippen molar-refractivity contribution in [2.45, 2.75) is 36.7 Å². The number of rotatable bonds is 2. The Hall–Kier alpha value is -3.86. The lowest BCUT2D eigenvalue weighted by molar-refractivity contribution is -0.129. The van der Waals surface area contributed by atoms with Crippen molar-refractivity contribution >= 4 is 38.3 Å². The fourth-order valence-corrected chi connectivity index (χ4v) is 8.62. The second-order valence-corrected chi connectivity index (χ2v) is 12.5. The first-order chi connectivity index (χ1) is 20.0. The lowest BCUT2D eigenvalue weighted by atomic mass is 9.60. The molecule has 3 aliphatic carbocycles. The average molecular weight is 600 g/mol. The lowest BCUT2D eigenvalue weighted by Gasteiger charge is -2.41. The molecule has 0 amide bonds. The van der Waals surface area contributed by atoms with E-state index in [4.69, 9.17) is 0 Å². The van der Waals surface area contributed by atoms with Gasteiger partial charge >= 0.3 is 0 Å². The molecule has 1 saturated carbocycles. The fourth-order valence-electron chi connectivity index (χ4n) is 8.05. The number of aryl methyl sites for hydroxylation is 1. The molecule has 4 heteroatoms. The first kappa shape index (κ1) is 24.9. The number of fused-ring (bicyclic) bond motifs is 7. The van der Waals surface area contributed by atoms with E-state index in [1.54, 1.807) is 0 Å². The molecule has 5 aromatic rings. The number of hydrogen-bond donors (Lipinski definition) is 1. The van der Waals surface area contributed by atoms with Crippen molar-refractivity contribution in [2.24, 2.45) is 5.92 Å². The van der Waals surface area contributed by atoms with Gasteiger partial charge in [-0.25, -0.2) is 0 Å². The molecule has 41 heavy (non-hydrogen) atoms. The number of carbonyl (C=O) groups is 2. The predicted octanol–water partition coefficient (Wildman–Crippen LogP) is 8.05. The van der Waals surface area contributed by atoms with Gasteiger partial charge in [-0.15, -0.1) is 0 Å². The Morgan fingerprint density at radius 1 is 0.707 bits per heavy atom. The molecule has 4 atom stereocenters. The van der Waals surface area contributed by atoms with Gasteiger partial charge in [0, 0.05) is 28.3 Å². The summed E-state index contributed by atoms with van der Waals surface area (Å²) in [5.41, 5.74) is 6.67. The zero-order chi connectivity index (χ0) is 27.9. The largest absolute Gasteiger partial charge is 0.392 e. The van der Waals surface area contributed by atoms with Gasteiger partial charge in [-0.1, -0.05) is 94.8 Å². The zero-order valence-corrected chi connectivity index (χ0v) is 23.9. The molecule has 0 radical (unpaired) electrons. The van der Waals surface area contributed by atoms with Crippen molar-refractivity contribution in [1.29, 1.82) is 0 Å². The van der Waals surface area contributed by atoms with Crippen LogP contribution in [0.1, 0.15) is 45.8 Å². The van der Waals surface area contributed by atoms with Gasteiger partial charge < -0.3 is 5.11 Å². The zero-order valence-electron chi connectivity index (χ0n) is 22.3. The van der Waals surface area contributed by atoms with Crippen molar-refractivity contribution < 1.29 is 14.7 Å². The molecule has 3 nitrogen and oxygen atoms in total. The van der Waals surface area contributed by atoms with Gasteiger partial charge in [0.25, 0.3) is 0 Å². The maximum Gasteiger partial charge on any atom is 0.167 e. The maximum absolute atomic E-state index is 14.1. The van der Waals surface area contributed by atoms with Gasteiger partial charge in [-0.3, -0.25) is 9.59 Å². The minimum absolute atomic E-state index is 0.0348. The number of hydrogen-bond acceptors (Lipinski definition) is 3. The number of aliphatic hydroxyl groups excluding tert-OH is 1. The summed E-state index contributed by atoms with van der Waals surface area (Å²) < 4.78 is 0.880. The molecule has 0 saturated heterocycles. The fraction of sp³-hybridized carbons (Fsp3) is 0.189. The molecule has 0 aromatic heterocycles. The summed E-state index contributed by atoms with van der Waals surface area (Å²) in [4.78, 5) is 28.0. The highest BCUT2D eigenvalue weighted by atomic mass is 79.9. The summed E-state index contributed by atoms with van der Waals surface area (Å²) in [6, 6.07) is 35.1. The summed E-state index contributed by atoms with van der Waals surface area (Å²) in [5.74, 6) is -0.697. The molecular formula is C37H27BrO3. The maximum atomic E-state index is 14.1. The van der Waals surface area contributed by atoms with E-state index in [1.165, 1.54) is 0 Å². The molecule has 0 bridgehead atoms. The Balaban J connectivity index is 1.35. The van der Waals surface area contributed by atoms with E-state index in [0.717, 1.165) is 54.2 Å². The molecular weight excluding hydrogens is 572 g/mol. The van der Waals surface area contributed by atoms with Crippen molar-refractivity contribution in [3.63, 3.8) is 0 Å². The topological polar surface area (TPSA) is 54.4 Å². The molecule has 0 aliphatic heterocycles. The molecule has 200 valence electrons. The smallest absolute Gasteiger partial charge is 0.167 e. The molecule has 1 fully saturated rings. The van der Waals surface area contributed by atoms with Crippen LogP contribution in [0, 0.1) is 5.92 Å². The summed E-state index contributed by atoms with van der Waals surface area (Å²) >= 11 is 3.89. The minimum atomic E-state index is -1.08. The van der Waals surface area contributed by atoms with Crippen LogP contribution in [-0.4, -0.2) is 22.8 Å². The van der Waals surface area contributed by atoms with E-state index in [2.05, 4.69) is 70.5 Å². The van der Waals surface area contributed by atoms with E-state index in [9.17, 15) is 14.7 Å². The van der Waals surface area contributed by atoms with Crippen molar-refractivity contribution in [3.8, 4) is 22.3 Å². The second-order valence-electron chi connectivity index (χ2n) is 11.7. The van der Waals surface area contributed by atoms with Crippen molar-refractivity contribution in [1.82, 2.24) is 0 Å². The van der Waals surface area contributed by atoms with Crippen LogP contribution in [-0.2, 0) is 16.6 Å². The highest BCUT2D eigenvalue weighted by Gasteiger charge is 2.65. The van der Waals surface area contributed by atoms with Crippen molar-refractivity contribution in [2.75, 3.05) is 0 Å². The SMILES string of the molecule is O=C1c2cc(-c3cc4ccccc4cc3-c3ccccc3)c(Br)cc2[C@@H]2[C@H]1C[C@@H](O)[C@]21C(=O)CCc2ccccc21. The van der Waals surface area contributed by atoms with Crippen LogP contribution in [0.3, 0.4) is 0 Å². The minimum Gasteiger partial charge on any atom is -0.392 e. The van der Waals surface area contributed by atoms with E-state index < -0.39 is 17.4 Å². The molecule has 5 aromatic carbocycles. The molecule has 0 heterocycles. The van der Waals surface area contributed by atoms with Crippen LogP contribution < -0.4 is 0 Å². The number of benzene rings is 5. The third-order valence-corrected chi connectivity index (χ3v) is 10.4. The molecule has 3 aliphatic rings. The van der Waals surface area contributed by atoms with Gasteiger partial charge in [-0.2, -0.15) is 0 Å². The third-order valence-electron chi connectivity index (χ3n) is 9.78. The van der Waals surface area contributed by atoms with Crippen LogP contribution in [0.2, 0.25) is 0 Å². The van der Waals surface area contributed by atoms with E-state index >= 15 is 0 Å². The Kier molecular flexibility index (Phi) is 5.51. The van der Waals surface area contributed by atoms with E-state index in [-0.39, 0.29) is 17.5 Å². The quantitative estimate of drug-likeness (QED) is 0.224. The van der Waals surface area contributed by atoms with Crippen LogP contribution in [0.5, 0.6) is 0 Å². The van der Waals surface area contributed by atoms with Crippen LogP contribution in [0.25, 0.3) is 33.0 Å². The van der Waals surface area contributed by atoms with E-state index in [1.807, 2.05) is 48.5 Å². The predicted molar refractivity (Wildman–Crippen MR) is 165 cm³/mol. The Labute approximate surface area is 247 Å². The molecule has 0 unspecified atom stereocenters. The van der Waals surface area contributed by atoms with Gasteiger partial charge in [0.1, 0.15) is 5.78 Å². The standard InChI is InChI=1S/C37H27BrO3/c38-32-19-28-29(18-27(32)26-17-24-12-5-4-11-23(24)16-25(26)21-8-2-1-3-9-21)36(41)30-20-34(40)37(35(28)30)31-13-7-6-10-22(31)14-15-33(37)39/h1-13,16-19,30,34-35,40H,14-15,20H2/t30-,34-,35-,37+/m1/s1. The number of aliphatic hydroxyl groups is 1. The van der Waals surface area contributed by atoms with Gasteiger partial charge in [0.2, 0.25) is 0 Å². The number of halogens is 1. The lowest BCUT2D eigenvalue weighted by Crippen LogP contribution is -2.49. The normalized spacial score (nSPS) is 24.5. The van der Waals surface area contributed by atoms with Gasteiger partial charge in [0.15, 0.2) is 5.78 Å². The highest BCUT2D eigenvalue weighted by molar-refractivity contribution is 9.10. The number of carbonyl (C=O) groups excluding carboxylic acids is 2. The Morgan fingerprint density at radius 3 is 2.17 bits per heavy atom. The van der Waals surface area contributed by atoms with Crippen molar-refractivity contribution in [3.05, 3.63) is 130 Å². The summed E-state index contributed by atoms with van der Waals surface area (Å²) in [6.45, 7) is 0. The molecule has 1 N–H and O–H groups in total. The van der Waals surface area contributed by atoms with Gasteiger partial charge in [0.05, 0.1) is 11.5 Å². The summed E-state index contributed by atoms with van der Waals surface area (Å²) in [5, 5.41) is 13.8.